The number of hydrogen-bond donors (Lipinski definition) is 2. The summed E-state index contributed by atoms with van der Waals surface area (Å²) in [5.74, 6) is 0.134. The Kier molecular flexibility index (Phi) is 9.34. The second-order valence-corrected chi connectivity index (χ2v) is 12.4. The smallest absolute Gasteiger partial charge is 0.416 e. The number of para-hydroxylation sites is 2. The van der Waals surface area contributed by atoms with Crippen LogP contribution in [0, 0.1) is 13.8 Å². The van der Waals surface area contributed by atoms with Gasteiger partial charge in [0.05, 0.1) is 35.4 Å². The largest absolute Gasteiger partial charge is 0.497 e. The van der Waals surface area contributed by atoms with Crippen molar-refractivity contribution in [3.63, 3.8) is 0 Å². The summed E-state index contributed by atoms with van der Waals surface area (Å²) in [6, 6.07) is 22.5. The van der Waals surface area contributed by atoms with E-state index in [4.69, 9.17) is 9.47 Å². The van der Waals surface area contributed by atoms with Crippen molar-refractivity contribution in [2.24, 2.45) is 0 Å². The minimum atomic E-state index is -1.35. The van der Waals surface area contributed by atoms with E-state index in [0.29, 0.717) is 33.8 Å². The summed E-state index contributed by atoms with van der Waals surface area (Å²) in [5, 5.41) is 21.9. The van der Waals surface area contributed by atoms with E-state index in [1.807, 2.05) is 38.5 Å². The van der Waals surface area contributed by atoms with Crippen LogP contribution in [0.25, 0.3) is 17.0 Å². The number of benzene rings is 4. The Bertz CT molecular complexity index is 2170. The molecule has 1 aromatic heterocycles. The molecule has 0 bridgehead atoms. The van der Waals surface area contributed by atoms with E-state index in [-0.39, 0.29) is 28.4 Å². The number of carbonyl (C=O) groups excluding carboxylic acids is 1. The van der Waals surface area contributed by atoms with Gasteiger partial charge in [-0.1, -0.05) is 36.4 Å². The summed E-state index contributed by atoms with van der Waals surface area (Å²) < 4.78 is 13.9. The van der Waals surface area contributed by atoms with Crippen LogP contribution in [0.4, 0.5) is 32.3 Å². The SMILES string of the molecule is COc1ccc2c(c1)c(C=C1Oc3cc(N(C(=O)O)c4ccccc4C)cc(N(C(=O)O)c4ccccc4C)c3C1=O)cn2CCCN(C)C. The standard InChI is InChI=1S/C39H38N4O7/c1-24-11-6-8-13-30(24)42(38(45)46)27-20-33(43(39(47)48)31-14-9-7-12-25(31)2)36-34(21-27)50-35(37(36)44)19-26-23-41(18-10-17-40(3)4)32-16-15-28(49-5)22-29(26)32/h6-9,11-16,19-23H,10,17-18H2,1-5H3,(H,45,46)(H,47,48). The fraction of sp³-hybridized carbons (Fsp3) is 0.205. The van der Waals surface area contributed by atoms with Crippen LogP contribution in [0.2, 0.25) is 0 Å². The molecule has 1 aliphatic rings. The Morgan fingerprint density at radius 2 is 1.50 bits per heavy atom. The van der Waals surface area contributed by atoms with E-state index in [0.717, 1.165) is 40.2 Å². The first-order chi connectivity index (χ1) is 24.0. The zero-order valence-electron chi connectivity index (χ0n) is 28.5. The summed E-state index contributed by atoms with van der Waals surface area (Å²) >= 11 is 0. The van der Waals surface area contributed by atoms with Crippen LogP contribution in [0.3, 0.4) is 0 Å². The maximum atomic E-state index is 14.3. The van der Waals surface area contributed by atoms with Gasteiger partial charge in [-0.15, -0.1) is 0 Å². The molecule has 0 atom stereocenters. The Hall–Kier alpha value is -6.07. The number of carbonyl (C=O) groups is 3. The monoisotopic (exact) mass is 674 g/mol. The summed E-state index contributed by atoms with van der Waals surface area (Å²) in [4.78, 5) is 44.3. The van der Waals surface area contributed by atoms with Gasteiger partial charge in [-0.2, -0.15) is 0 Å². The van der Waals surface area contributed by atoms with Crippen molar-refractivity contribution in [1.82, 2.24) is 9.47 Å². The molecule has 4 aromatic carbocycles. The zero-order valence-corrected chi connectivity index (χ0v) is 28.5. The van der Waals surface area contributed by atoms with Gasteiger partial charge in [-0.25, -0.2) is 19.4 Å². The van der Waals surface area contributed by atoms with Crippen LogP contribution in [-0.2, 0) is 6.54 Å². The highest BCUT2D eigenvalue weighted by molar-refractivity contribution is 6.21. The summed E-state index contributed by atoms with van der Waals surface area (Å²) in [5.41, 5.74) is 3.76. The molecule has 6 rings (SSSR count). The number of rotatable bonds is 10. The van der Waals surface area contributed by atoms with Crippen LogP contribution in [-0.4, -0.2) is 65.4 Å². The van der Waals surface area contributed by atoms with E-state index in [1.54, 1.807) is 75.6 Å². The molecular weight excluding hydrogens is 636 g/mol. The van der Waals surface area contributed by atoms with E-state index < -0.39 is 18.0 Å². The zero-order chi connectivity index (χ0) is 35.7. The number of carboxylic acid groups (broad SMARTS) is 2. The van der Waals surface area contributed by atoms with E-state index >= 15 is 0 Å². The number of anilines is 4. The average Bonchev–Trinajstić information content (AvgIpc) is 3.58. The molecule has 0 fully saturated rings. The van der Waals surface area contributed by atoms with E-state index in [9.17, 15) is 24.6 Å². The first-order valence-electron chi connectivity index (χ1n) is 16.1. The van der Waals surface area contributed by atoms with Gasteiger partial charge in [-0.05, 0) is 94.5 Å². The van der Waals surface area contributed by atoms with Gasteiger partial charge in [0.15, 0.2) is 5.76 Å². The van der Waals surface area contributed by atoms with Crippen molar-refractivity contribution < 1.29 is 34.1 Å². The molecule has 11 nitrogen and oxygen atoms in total. The van der Waals surface area contributed by atoms with Crippen molar-refractivity contribution >= 4 is 57.7 Å². The third-order valence-electron chi connectivity index (χ3n) is 8.74. The maximum absolute atomic E-state index is 14.3. The molecule has 0 saturated carbocycles. The van der Waals surface area contributed by atoms with E-state index in [1.165, 1.54) is 12.1 Å². The first-order valence-corrected chi connectivity index (χ1v) is 16.1. The molecule has 1 aliphatic heterocycles. The number of amides is 2. The number of hydrogen-bond acceptors (Lipinski definition) is 6. The Labute approximate surface area is 289 Å². The van der Waals surface area contributed by atoms with Crippen molar-refractivity contribution in [3.8, 4) is 11.5 Å². The van der Waals surface area contributed by atoms with Gasteiger partial charge >= 0.3 is 12.2 Å². The van der Waals surface area contributed by atoms with Gasteiger partial charge in [0.2, 0.25) is 5.78 Å². The summed E-state index contributed by atoms with van der Waals surface area (Å²) in [6.07, 6.45) is 1.86. The Balaban J connectivity index is 1.54. The maximum Gasteiger partial charge on any atom is 0.416 e. The molecule has 0 spiro atoms. The fourth-order valence-corrected chi connectivity index (χ4v) is 6.33. The molecule has 50 heavy (non-hydrogen) atoms. The second kappa shape index (κ2) is 13.8. The molecule has 0 unspecified atom stereocenters. The van der Waals surface area contributed by atoms with Gasteiger partial charge in [0, 0.05) is 35.3 Å². The molecule has 5 aromatic rings. The lowest BCUT2D eigenvalue weighted by Gasteiger charge is -2.26. The van der Waals surface area contributed by atoms with Crippen LogP contribution in [0.5, 0.6) is 11.5 Å². The molecule has 0 aliphatic carbocycles. The first kappa shape index (κ1) is 33.8. The molecule has 2 N–H and O–H groups in total. The third kappa shape index (κ3) is 6.38. The number of aromatic nitrogens is 1. The van der Waals surface area contributed by atoms with Crippen LogP contribution in [0.1, 0.15) is 33.5 Å². The number of aryl methyl sites for hydroxylation is 3. The van der Waals surface area contributed by atoms with Gasteiger partial charge in [0.1, 0.15) is 11.5 Å². The van der Waals surface area contributed by atoms with Crippen molar-refractivity contribution in [1.29, 1.82) is 0 Å². The number of Topliss-reactive ketones (excluding diaryl/α,β-unsaturated/α-hetero) is 1. The topological polar surface area (TPSA) is 125 Å². The number of ketones is 1. The number of allylic oxidation sites excluding steroid dienone is 1. The van der Waals surface area contributed by atoms with Crippen LogP contribution >= 0.6 is 0 Å². The molecule has 2 heterocycles. The lowest BCUT2D eigenvalue weighted by Crippen LogP contribution is -2.28. The van der Waals surface area contributed by atoms with Crippen LogP contribution in [0.15, 0.2) is 90.8 Å². The third-order valence-corrected chi connectivity index (χ3v) is 8.74. The van der Waals surface area contributed by atoms with Gasteiger partial charge in [0.25, 0.3) is 0 Å². The highest BCUT2D eigenvalue weighted by Crippen LogP contribution is 2.46. The molecular formula is C39H38N4O7. The number of fused-ring (bicyclic) bond motifs is 2. The minimum Gasteiger partial charge on any atom is -0.497 e. The van der Waals surface area contributed by atoms with E-state index in [2.05, 4.69) is 9.47 Å². The molecule has 2 amide bonds. The quantitative estimate of drug-likeness (QED) is 0.141. The highest BCUT2D eigenvalue weighted by atomic mass is 16.5. The predicted molar refractivity (Wildman–Crippen MR) is 194 cm³/mol. The normalized spacial score (nSPS) is 13.1. The van der Waals surface area contributed by atoms with Gasteiger partial charge < -0.3 is 29.2 Å². The lowest BCUT2D eigenvalue weighted by atomic mass is 10.0. The number of methoxy groups -OCH3 is 1. The Morgan fingerprint density at radius 3 is 2.10 bits per heavy atom. The predicted octanol–water partition coefficient (Wildman–Crippen LogP) is 8.47. The molecule has 11 heteroatoms. The van der Waals surface area contributed by atoms with Crippen molar-refractivity contribution in [3.05, 3.63) is 113 Å². The summed E-state index contributed by atoms with van der Waals surface area (Å²) in [6.45, 7) is 5.17. The second-order valence-electron chi connectivity index (χ2n) is 12.4. The molecule has 256 valence electrons. The average molecular weight is 675 g/mol. The minimum absolute atomic E-state index is 0.00748. The molecule has 0 radical (unpaired) electrons. The van der Waals surface area contributed by atoms with Crippen LogP contribution < -0.4 is 19.3 Å². The highest BCUT2D eigenvalue weighted by Gasteiger charge is 2.37. The van der Waals surface area contributed by atoms with Crippen molar-refractivity contribution in [2.45, 2.75) is 26.8 Å². The summed E-state index contributed by atoms with van der Waals surface area (Å²) in [7, 11) is 5.64. The van der Waals surface area contributed by atoms with Gasteiger partial charge in [-0.3, -0.25) is 4.79 Å². The molecule has 0 saturated heterocycles. The van der Waals surface area contributed by atoms with Crippen molar-refractivity contribution in [2.75, 3.05) is 37.5 Å². The Morgan fingerprint density at radius 1 is 0.860 bits per heavy atom. The number of ether oxygens (including phenoxy) is 2. The lowest BCUT2D eigenvalue weighted by molar-refractivity contribution is 0.101. The number of nitrogens with zero attached hydrogens (tertiary/aromatic N) is 4. The fourth-order valence-electron chi connectivity index (χ4n) is 6.33.